The Kier molecular flexibility index (Phi) is 3.74. The van der Waals surface area contributed by atoms with Crippen molar-refractivity contribution in [3.05, 3.63) is 51.7 Å². The van der Waals surface area contributed by atoms with E-state index in [1.54, 1.807) is 11.3 Å². The fourth-order valence-electron chi connectivity index (χ4n) is 1.85. The van der Waals surface area contributed by atoms with Gasteiger partial charge in [-0.25, -0.2) is 0 Å². The lowest BCUT2D eigenvalue weighted by molar-refractivity contribution is -0.115. The predicted molar refractivity (Wildman–Crippen MR) is 90.8 cm³/mol. The van der Waals surface area contributed by atoms with E-state index in [1.165, 1.54) is 27.8 Å². The summed E-state index contributed by atoms with van der Waals surface area (Å²) in [6, 6.07) is 12.5. The van der Waals surface area contributed by atoms with Gasteiger partial charge >= 0.3 is 0 Å². The maximum Gasteiger partial charge on any atom is 0.263 e. The van der Waals surface area contributed by atoms with Crippen molar-refractivity contribution in [3.8, 4) is 10.4 Å². The van der Waals surface area contributed by atoms with Gasteiger partial charge in [0, 0.05) is 9.75 Å². The third-order valence-corrected chi connectivity index (χ3v) is 5.12. The third kappa shape index (κ3) is 2.85. The molecule has 1 aliphatic rings. The Hall–Kier alpha value is -1.43. The third-order valence-electron chi connectivity index (χ3n) is 2.88. The van der Waals surface area contributed by atoms with Crippen LogP contribution in [0.4, 0.5) is 0 Å². The van der Waals surface area contributed by atoms with Crippen molar-refractivity contribution >= 4 is 51.6 Å². The Morgan fingerprint density at radius 2 is 1.90 bits per heavy atom. The largest absolute Gasteiger partial charge is 0.307 e. The molecule has 0 saturated carbocycles. The van der Waals surface area contributed by atoms with Gasteiger partial charge in [-0.2, -0.15) is 0 Å². The van der Waals surface area contributed by atoms with Crippen LogP contribution >= 0.6 is 35.3 Å². The molecule has 0 atom stereocenters. The zero-order chi connectivity index (χ0) is 14.1. The summed E-state index contributed by atoms with van der Waals surface area (Å²) in [6.07, 6.45) is 1.89. The SMILES string of the molecule is Cc1ccc(-c2ccc(/C=C3/SC(=S)NC3=O)s2)cc1. The minimum absolute atomic E-state index is 0.106. The van der Waals surface area contributed by atoms with Gasteiger partial charge in [0.15, 0.2) is 0 Å². The summed E-state index contributed by atoms with van der Waals surface area (Å²) >= 11 is 7.96. The van der Waals surface area contributed by atoms with Crippen LogP contribution in [0.2, 0.25) is 0 Å². The summed E-state index contributed by atoms with van der Waals surface area (Å²) in [4.78, 5) is 14.5. The molecule has 5 heteroatoms. The van der Waals surface area contributed by atoms with Crippen molar-refractivity contribution in [2.45, 2.75) is 6.92 Å². The number of thiocarbonyl (C=S) groups is 1. The van der Waals surface area contributed by atoms with Crippen molar-refractivity contribution < 1.29 is 4.79 Å². The molecule has 1 aliphatic heterocycles. The molecule has 2 nitrogen and oxygen atoms in total. The highest BCUT2D eigenvalue weighted by Crippen LogP contribution is 2.32. The van der Waals surface area contributed by atoms with E-state index in [2.05, 4.69) is 42.6 Å². The molecular formula is C15H11NOS3. The summed E-state index contributed by atoms with van der Waals surface area (Å²) in [7, 11) is 0. The standard InChI is InChI=1S/C15H11NOS3/c1-9-2-4-10(5-3-9)12-7-6-11(19-12)8-13-14(17)16-15(18)20-13/h2-8H,1H3,(H,16,17,18)/b13-8+. The molecule has 2 heterocycles. The van der Waals surface area contributed by atoms with Crippen molar-refractivity contribution in [1.29, 1.82) is 0 Å². The topological polar surface area (TPSA) is 29.1 Å². The second-order valence-electron chi connectivity index (χ2n) is 4.42. The van der Waals surface area contributed by atoms with Gasteiger partial charge in [0.05, 0.1) is 4.91 Å². The molecule has 3 rings (SSSR count). The minimum Gasteiger partial charge on any atom is -0.307 e. The molecule has 1 aromatic carbocycles. The van der Waals surface area contributed by atoms with Gasteiger partial charge in [-0.05, 0) is 30.7 Å². The molecule has 1 aromatic heterocycles. The molecule has 0 radical (unpaired) electrons. The highest BCUT2D eigenvalue weighted by Gasteiger charge is 2.22. The Labute approximate surface area is 130 Å². The predicted octanol–water partition coefficient (Wildman–Crippen LogP) is 4.21. The molecule has 1 fully saturated rings. The highest BCUT2D eigenvalue weighted by atomic mass is 32.2. The Morgan fingerprint density at radius 1 is 1.15 bits per heavy atom. The molecule has 100 valence electrons. The van der Waals surface area contributed by atoms with E-state index in [0.29, 0.717) is 9.23 Å². The van der Waals surface area contributed by atoms with E-state index in [9.17, 15) is 4.79 Å². The first-order chi connectivity index (χ1) is 9.61. The van der Waals surface area contributed by atoms with Crippen molar-refractivity contribution in [2.24, 2.45) is 0 Å². The van der Waals surface area contributed by atoms with E-state index >= 15 is 0 Å². The van der Waals surface area contributed by atoms with Gasteiger partial charge in [0.2, 0.25) is 0 Å². The maximum absolute atomic E-state index is 11.6. The van der Waals surface area contributed by atoms with Gasteiger partial charge in [-0.1, -0.05) is 53.8 Å². The molecule has 2 aromatic rings. The number of hydrogen-bond donors (Lipinski definition) is 1. The van der Waals surface area contributed by atoms with Crippen LogP contribution in [0.25, 0.3) is 16.5 Å². The van der Waals surface area contributed by atoms with Crippen LogP contribution in [0, 0.1) is 6.92 Å². The molecule has 0 unspecified atom stereocenters. The monoisotopic (exact) mass is 317 g/mol. The number of thioether (sulfide) groups is 1. The summed E-state index contributed by atoms with van der Waals surface area (Å²) in [5.74, 6) is -0.106. The molecule has 1 saturated heterocycles. The summed E-state index contributed by atoms with van der Waals surface area (Å²) in [5, 5.41) is 2.62. The number of hydrogen-bond acceptors (Lipinski definition) is 4. The normalized spacial score (nSPS) is 16.8. The number of carbonyl (C=O) groups is 1. The van der Waals surface area contributed by atoms with E-state index in [0.717, 1.165) is 4.88 Å². The minimum atomic E-state index is -0.106. The van der Waals surface area contributed by atoms with Gasteiger partial charge < -0.3 is 5.32 Å². The molecule has 20 heavy (non-hydrogen) atoms. The molecule has 1 amide bonds. The smallest absolute Gasteiger partial charge is 0.263 e. The van der Waals surface area contributed by atoms with Gasteiger partial charge in [0.1, 0.15) is 4.32 Å². The van der Waals surface area contributed by atoms with Gasteiger partial charge in [-0.15, -0.1) is 11.3 Å². The molecule has 0 aliphatic carbocycles. The molecule has 0 spiro atoms. The zero-order valence-electron chi connectivity index (χ0n) is 10.7. The van der Waals surface area contributed by atoms with Crippen molar-refractivity contribution in [2.75, 3.05) is 0 Å². The summed E-state index contributed by atoms with van der Waals surface area (Å²) in [6.45, 7) is 2.08. The van der Waals surface area contributed by atoms with Crippen LogP contribution < -0.4 is 5.32 Å². The van der Waals surface area contributed by atoms with Crippen LogP contribution in [-0.2, 0) is 4.79 Å². The maximum atomic E-state index is 11.6. The first-order valence-electron chi connectivity index (χ1n) is 6.03. The lowest BCUT2D eigenvalue weighted by atomic mass is 10.1. The van der Waals surface area contributed by atoms with Crippen LogP contribution in [-0.4, -0.2) is 10.2 Å². The average molecular weight is 317 g/mol. The molecule has 0 bridgehead atoms. The van der Waals surface area contributed by atoms with E-state index in [4.69, 9.17) is 12.2 Å². The van der Waals surface area contributed by atoms with Crippen LogP contribution in [0.1, 0.15) is 10.4 Å². The summed E-state index contributed by atoms with van der Waals surface area (Å²) in [5.41, 5.74) is 2.45. The van der Waals surface area contributed by atoms with Crippen LogP contribution in [0.5, 0.6) is 0 Å². The number of amides is 1. The van der Waals surface area contributed by atoms with E-state index < -0.39 is 0 Å². The lowest BCUT2D eigenvalue weighted by Gasteiger charge is -1.97. The highest BCUT2D eigenvalue weighted by molar-refractivity contribution is 8.26. The van der Waals surface area contributed by atoms with Crippen LogP contribution in [0.15, 0.2) is 41.3 Å². The van der Waals surface area contributed by atoms with Gasteiger partial charge in [-0.3, -0.25) is 4.79 Å². The Balaban J connectivity index is 1.87. The zero-order valence-corrected chi connectivity index (χ0v) is 13.1. The average Bonchev–Trinajstić information content (AvgIpc) is 2.98. The Morgan fingerprint density at radius 3 is 2.55 bits per heavy atom. The molecule has 1 N–H and O–H groups in total. The second-order valence-corrected chi connectivity index (χ2v) is 7.25. The molecular weight excluding hydrogens is 306 g/mol. The fraction of sp³-hybridized carbons (Fsp3) is 0.0667. The summed E-state index contributed by atoms with van der Waals surface area (Å²) < 4.78 is 0.525. The van der Waals surface area contributed by atoms with Crippen molar-refractivity contribution in [3.63, 3.8) is 0 Å². The van der Waals surface area contributed by atoms with Crippen LogP contribution in [0.3, 0.4) is 0 Å². The number of rotatable bonds is 2. The quantitative estimate of drug-likeness (QED) is 0.664. The van der Waals surface area contributed by atoms with E-state index in [-0.39, 0.29) is 5.91 Å². The first-order valence-corrected chi connectivity index (χ1v) is 8.08. The number of carbonyl (C=O) groups excluding carboxylic acids is 1. The lowest BCUT2D eigenvalue weighted by Crippen LogP contribution is -2.17. The first kappa shape index (κ1) is 13.5. The van der Waals surface area contributed by atoms with E-state index in [1.807, 2.05) is 12.1 Å². The van der Waals surface area contributed by atoms with Crippen molar-refractivity contribution in [1.82, 2.24) is 5.32 Å². The number of nitrogens with one attached hydrogen (secondary N) is 1. The number of benzene rings is 1. The number of aryl methyl sites for hydroxylation is 1. The fourth-order valence-corrected chi connectivity index (χ4v) is 3.92. The van der Waals surface area contributed by atoms with Gasteiger partial charge in [0.25, 0.3) is 5.91 Å². The number of thiophene rings is 1. The second kappa shape index (κ2) is 5.52. The Bertz CT molecular complexity index is 713.